The fraction of sp³-hybridized carbons (Fsp3) is 0.500. The number of nitrogens with one attached hydrogen (secondary N) is 1. The van der Waals surface area contributed by atoms with E-state index in [1.54, 1.807) is 12.1 Å². The number of hydrogen-bond acceptors (Lipinski definition) is 3. The minimum absolute atomic E-state index is 0.481. The van der Waals surface area contributed by atoms with Crippen molar-refractivity contribution in [3.05, 3.63) is 17.3 Å². The van der Waals surface area contributed by atoms with Crippen LogP contribution in [0.3, 0.4) is 0 Å². The van der Waals surface area contributed by atoms with Crippen LogP contribution in [0.15, 0.2) is 12.1 Å². The van der Waals surface area contributed by atoms with E-state index in [-0.39, 0.29) is 0 Å². The zero-order valence-corrected chi connectivity index (χ0v) is 8.88. The SMILES string of the molecule is CC1CC(Nc2nc(Cl)ccc2N)C1. The minimum atomic E-state index is 0.481. The molecule has 0 saturated heterocycles. The summed E-state index contributed by atoms with van der Waals surface area (Å²) in [5.74, 6) is 1.53. The number of halogens is 1. The zero-order valence-electron chi connectivity index (χ0n) is 8.13. The van der Waals surface area contributed by atoms with Gasteiger partial charge in [0.05, 0.1) is 5.69 Å². The molecule has 0 unspecified atom stereocenters. The normalized spacial score (nSPS) is 25.6. The van der Waals surface area contributed by atoms with Gasteiger partial charge < -0.3 is 11.1 Å². The predicted molar refractivity (Wildman–Crippen MR) is 59.5 cm³/mol. The molecule has 1 aliphatic carbocycles. The van der Waals surface area contributed by atoms with Crippen molar-refractivity contribution in [3.63, 3.8) is 0 Å². The molecule has 2 rings (SSSR count). The van der Waals surface area contributed by atoms with Crippen LogP contribution in [0.4, 0.5) is 11.5 Å². The first kappa shape index (κ1) is 9.59. The monoisotopic (exact) mass is 211 g/mol. The van der Waals surface area contributed by atoms with Crippen LogP contribution in [0.1, 0.15) is 19.8 Å². The topological polar surface area (TPSA) is 50.9 Å². The maximum absolute atomic E-state index is 5.78. The standard InChI is InChI=1S/C10H14ClN3/c1-6-4-7(5-6)13-10-8(12)2-3-9(11)14-10/h2-3,6-7H,4-5,12H2,1H3,(H,13,14). The number of anilines is 2. The number of pyridine rings is 1. The second-order valence-corrected chi connectivity index (χ2v) is 4.38. The Morgan fingerprint density at radius 1 is 1.50 bits per heavy atom. The van der Waals surface area contributed by atoms with E-state index in [1.165, 1.54) is 12.8 Å². The van der Waals surface area contributed by atoms with Crippen LogP contribution >= 0.6 is 11.6 Å². The maximum atomic E-state index is 5.78. The van der Waals surface area contributed by atoms with Crippen LogP contribution in [0.2, 0.25) is 5.15 Å². The summed E-state index contributed by atoms with van der Waals surface area (Å²) in [5.41, 5.74) is 6.43. The summed E-state index contributed by atoms with van der Waals surface area (Å²) in [4.78, 5) is 4.15. The lowest BCUT2D eigenvalue weighted by Gasteiger charge is -2.33. The van der Waals surface area contributed by atoms with Gasteiger partial charge in [0.15, 0.2) is 5.82 Å². The summed E-state index contributed by atoms with van der Waals surface area (Å²) in [6, 6.07) is 3.99. The van der Waals surface area contributed by atoms with Crippen LogP contribution in [-0.2, 0) is 0 Å². The molecular formula is C10H14ClN3. The highest BCUT2D eigenvalue weighted by Gasteiger charge is 2.25. The van der Waals surface area contributed by atoms with Gasteiger partial charge in [0, 0.05) is 6.04 Å². The van der Waals surface area contributed by atoms with Crippen molar-refractivity contribution in [3.8, 4) is 0 Å². The molecule has 3 nitrogen and oxygen atoms in total. The molecule has 76 valence electrons. The van der Waals surface area contributed by atoms with Crippen LogP contribution in [0, 0.1) is 5.92 Å². The van der Waals surface area contributed by atoms with Crippen LogP contribution in [0.5, 0.6) is 0 Å². The first-order valence-electron chi connectivity index (χ1n) is 4.83. The molecule has 0 amide bonds. The van der Waals surface area contributed by atoms with Gasteiger partial charge in [-0.05, 0) is 30.9 Å². The Hall–Kier alpha value is -0.960. The summed E-state index contributed by atoms with van der Waals surface area (Å²) in [7, 11) is 0. The molecule has 0 spiro atoms. The Bertz CT molecular complexity index is 334. The van der Waals surface area contributed by atoms with E-state index in [0.717, 1.165) is 11.7 Å². The first-order chi connectivity index (χ1) is 6.65. The molecule has 1 fully saturated rings. The third-order valence-corrected chi connectivity index (χ3v) is 2.82. The Morgan fingerprint density at radius 3 is 2.86 bits per heavy atom. The van der Waals surface area contributed by atoms with Gasteiger partial charge >= 0.3 is 0 Å². The van der Waals surface area contributed by atoms with E-state index in [9.17, 15) is 0 Å². The molecule has 1 aliphatic rings. The summed E-state index contributed by atoms with van der Waals surface area (Å²) in [6.45, 7) is 2.24. The van der Waals surface area contributed by atoms with Crippen molar-refractivity contribution < 1.29 is 0 Å². The average molecular weight is 212 g/mol. The van der Waals surface area contributed by atoms with E-state index in [4.69, 9.17) is 17.3 Å². The molecule has 1 heterocycles. The minimum Gasteiger partial charge on any atom is -0.396 e. The molecule has 1 saturated carbocycles. The van der Waals surface area contributed by atoms with Crippen LogP contribution in [-0.4, -0.2) is 11.0 Å². The Morgan fingerprint density at radius 2 is 2.21 bits per heavy atom. The van der Waals surface area contributed by atoms with Crippen molar-refractivity contribution in [2.45, 2.75) is 25.8 Å². The Balaban J connectivity index is 2.05. The highest BCUT2D eigenvalue weighted by atomic mass is 35.5. The number of nitrogens with two attached hydrogens (primary N) is 1. The summed E-state index contributed by atoms with van der Waals surface area (Å²) in [6.07, 6.45) is 2.38. The highest BCUT2D eigenvalue weighted by Crippen LogP contribution is 2.30. The smallest absolute Gasteiger partial charge is 0.151 e. The zero-order chi connectivity index (χ0) is 10.1. The van der Waals surface area contributed by atoms with Crippen LogP contribution < -0.4 is 11.1 Å². The van der Waals surface area contributed by atoms with Crippen LogP contribution in [0.25, 0.3) is 0 Å². The number of nitrogen functional groups attached to an aromatic ring is 1. The molecule has 14 heavy (non-hydrogen) atoms. The van der Waals surface area contributed by atoms with Crippen molar-refractivity contribution in [1.29, 1.82) is 0 Å². The van der Waals surface area contributed by atoms with Gasteiger partial charge in [0.2, 0.25) is 0 Å². The van der Waals surface area contributed by atoms with E-state index in [0.29, 0.717) is 16.9 Å². The van der Waals surface area contributed by atoms with Gasteiger partial charge in [0.25, 0.3) is 0 Å². The first-order valence-corrected chi connectivity index (χ1v) is 5.21. The lowest BCUT2D eigenvalue weighted by atomic mass is 9.82. The van der Waals surface area contributed by atoms with E-state index in [1.807, 2.05) is 0 Å². The van der Waals surface area contributed by atoms with Gasteiger partial charge in [-0.1, -0.05) is 18.5 Å². The summed E-state index contributed by atoms with van der Waals surface area (Å²) < 4.78 is 0. The molecule has 1 aromatic heterocycles. The number of aromatic nitrogens is 1. The quantitative estimate of drug-likeness (QED) is 0.740. The average Bonchev–Trinajstić information content (AvgIpc) is 2.09. The van der Waals surface area contributed by atoms with E-state index >= 15 is 0 Å². The second kappa shape index (κ2) is 3.65. The van der Waals surface area contributed by atoms with Gasteiger partial charge in [-0.25, -0.2) is 4.98 Å². The highest BCUT2D eigenvalue weighted by molar-refractivity contribution is 6.29. The maximum Gasteiger partial charge on any atom is 0.151 e. The molecule has 0 aromatic carbocycles. The lowest BCUT2D eigenvalue weighted by Crippen LogP contribution is -2.34. The molecule has 0 aliphatic heterocycles. The number of hydrogen-bond donors (Lipinski definition) is 2. The fourth-order valence-electron chi connectivity index (χ4n) is 1.78. The predicted octanol–water partition coefficient (Wildman–Crippen LogP) is 2.53. The fourth-order valence-corrected chi connectivity index (χ4v) is 1.92. The number of rotatable bonds is 2. The molecule has 0 bridgehead atoms. The van der Waals surface area contributed by atoms with Gasteiger partial charge in [-0.15, -0.1) is 0 Å². The third kappa shape index (κ3) is 1.93. The molecular weight excluding hydrogens is 198 g/mol. The van der Waals surface area contributed by atoms with E-state index < -0.39 is 0 Å². The van der Waals surface area contributed by atoms with Crippen molar-refractivity contribution in [2.75, 3.05) is 11.1 Å². The molecule has 0 radical (unpaired) electrons. The Labute approximate surface area is 88.7 Å². The van der Waals surface area contributed by atoms with Gasteiger partial charge in [-0.2, -0.15) is 0 Å². The largest absolute Gasteiger partial charge is 0.396 e. The number of nitrogens with zero attached hydrogens (tertiary/aromatic N) is 1. The van der Waals surface area contributed by atoms with Crippen molar-refractivity contribution >= 4 is 23.1 Å². The van der Waals surface area contributed by atoms with Gasteiger partial charge in [0.1, 0.15) is 5.15 Å². The summed E-state index contributed by atoms with van der Waals surface area (Å²) in [5, 5.41) is 3.78. The molecule has 1 aromatic rings. The molecule has 4 heteroatoms. The molecule has 0 atom stereocenters. The van der Waals surface area contributed by atoms with Gasteiger partial charge in [-0.3, -0.25) is 0 Å². The second-order valence-electron chi connectivity index (χ2n) is 3.99. The van der Waals surface area contributed by atoms with Crippen molar-refractivity contribution in [2.24, 2.45) is 5.92 Å². The summed E-state index contributed by atoms with van der Waals surface area (Å²) >= 11 is 5.78. The van der Waals surface area contributed by atoms with Crippen molar-refractivity contribution in [1.82, 2.24) is 4.98 Å². The Kier molecular flexibility index (Phi) is 2.50. The molecule has 3 N–H and O–H groups in total. The third-order valence-electron chi connectivity index (χ3n) is 2.61. The van der Waals surface area contributed by atoms with E-state index in [2.05, 4.69) is 17.2 Å². The lowest BCUT2D eigenvalue weighted by molar-refractivity contribution is 0.308.